The maximum Gasteiger partial charge on any atom is 0.271 e. The van der Waals surface area contributed by atoms with Gasteiger partial charge in [-0.05, 0) is 54.9 Å². The van der Waals surface area contributed by atoms with E-state index in [1.807, 2.05) is 79.9 Å². The lowest BCUT2D eigenvalue weighted by molar-refractivity contribution is -0.113. The number of nitrogens with zero attached hydrogens (tertiary/aromatic N) is 3. The molecular weight excluding hydrogens is 374 g/mol. The molecule has 1 aliphatic heterocycles. The zero-order chi connectivity index (χ0) is 18.8. The third-order valence-corrected chi connectivity index (χ3v) is 5.92. The van der Waals surface area contributed by atoms with Crippen LogP contribution in [0.25, 0.3) is 6.08 Å². The van der Waals surface area contributed by atoms with Crippen molar-refractivity contribution in [1.29, 1.82) is 0 Å². The molecule has 0 N–H and O–H groups in total. The summed E-state index contributed by atoms with van der Waals surface area (Å²) in [6.07, 6.45) is 1.94. The second kappa shape index (κ2) is 7.50. The molecule has 0 aliphatic carbocycles. The Morgan fingerprint density at radius 2 is 1.78 bits per heavy atom. The normalized spacial score (nSPS) is 17.3. The molecule has 1 aliphatic rings. The maximum atomic E-state index is 13.2. The van der Waals surface area contributed by atoms with E-state index in [1.54, 1.807) is 4.90 Å². The Labute approximate surface area is 166 Å². The molecule has 27 heavy (non-hydrogen) atoms. The highest BCUT2D eigenvalue weighted by Gasteiger charge is 2.35. The van der Waals surface area contributed by atoms with Crippen LogP contribution in [0, 0.1) is 13.8 Å². The minimum absolute atomic E-state index is 0.0681. The number of para-hydroxylation sites is 1. The summed E-state index contributed by atoms with van der Waals surface area (Å²) in [5.74, 6) is -0.0681. The summed E-state index contributed by atoms with van der Waals surface area (Å²) >= 11 is 2.86. The molecular formula is C21H17N3OS2. The van der Waals surface area contributed by atoms with Gasteiger partial charge < -0.3 is 0 Å². The molecule has 4 nitrogen and oxygen atoms in total. The Kier molecular flexibility index (Phi) is 4.92. The number of amides is 1. The monoisotopic (exact) mass is 391 g/mol. The summed E-state index contributed by atoms with van der Waals surface area (Å²) < 4.78 is 0. The molecule has 1 fully saturated rings. The number of aryl methyl sites for hydroxylation is 2. The molecule has 0 atom stereocenters. The van der Waals surface area contributed by atoms with Gasteiger partial charge in [0, 0.05) is 5.38 Å². The molecule has 0 bridgehead atoms. The van der Waals surface area contributed by atoms with Gasteiger partial charge in [-0.25, -0.2) is 4.98 Å². The molecule has 3 aromatic rings. The zero-order valence-electron chi connectivity index (χ0n) is 14.9. The summed E-state index contributed by atoms with van der Waals surface area (Å²) in [7, 11) is 0. The number of hydrogen-bond acceptors (Lipinski definition) is 5. The third kappa shape index (κ3) is 3.72. The minimum atomic E-state index is -0.0681. The Morgan fingerprint density at radius 3 is 2.48 bits per heavy atom. The van der Waals surface area contributed by atoms with Crippen molar-refractivity contribution in [3.63, 3.8) is 0 Å². The Hall–Kier alpha value is -2.70. The van der Waals surface area contributed by atoms with Crippen LogP contribution in [0.5, 0.6) is 0 Å². The van der Waals surface area contributed by atoms with E-state index in [0.717, 1.165) is 22.5 Å². The summed E-state index contributed by atoms with van der Waals surface area (Å²) in [6.45, 7) is 3.98. The number of anilines is 1. The topological polar surface area (TPSA) is 45.6 Å². The second-order valence-electron chi connectivity index (χ2n) is 6.11. The van der Waals surface area contributed by atoms with Crippen molar-refractivity contribution in [1.82, 2.24) is 4.98 Å². The fourth-order valence-electron chi connectivity index (χ4n) is 2.72. The number of thioether (sulfide) groups is 1. The molecule has 1 saturated heterocycles. The summed E-state index contributed by atoms with van der Waals surface area (Å²) in [5, 5.41) is 3.24. The minimum Gasteiger partial charge on any atom is -0.268 e. The van der Waals surface area contributed by atoms with E-state index in [9.17, 15) is 4.79 Å². The van der Waals surface area contributed by atoms with Crippen molar-refractivity contribution in [2.75, 3.05) is 4.90 Å². The molecule has 1 aromatic heterocycles. The van der Waals surface area contributed by atoms with Crippen LogP contribution in [0.2, 0.25) is 0 Å². The maximum absolute atomic E-state index is 13.2. The molecule has 0 saturated carbocycles. The molecule has 134 valence electrons. The van der Waals surface area contributed by atoms with Crippen LogP contribution < -0.4 is 4.90 Å². The number of hydrogen-bond donors (Lipinski definition) is 0. The van der Waals surface area contributed by atoms with Crippen LogP contribution in [-0.4, -0.2) is 16.1 Å². The number of aromatic nitrogens is 1. The lowest BCUT2D eigenvalue weighted by atomic mass is 10.1. The molecule has 0 spiro atoms. The average Bonchev–Trinajstić information content (AvgIpc) is 3.21. The highest BCUT2D eigenvalue weighted by molar-refractivity contribution is 8.19. The van der Waals surface area contributed by atoms with Crippen LogP contribution in [0.3, 0.4) is 0 Å². The van der Waals surface area contributed by atoms with Crippen LogP contribution in [0.4, 0.5) is 10.8 Å². The van der Waals surface area contributed by atoms with Crippen molar-refractivity contribution in [2.24, 2.45) is 4.99 Å². The molecule has 2 heterocycles. The van der Waals surface area contributed by atoms with Gasteiger partial charge in [-0.3, -0.25) is 9.69 Å². The molecule has 6 heteroatoms. The highest BCUT2D eigenvalue weighted by atomic mass is 32.2. The number of aliphatic imine (C=N–C) groups is 1. The number of carbonyl (C=O) groups is 1. The van der Waals surface area contributed by atoms with E-state index in [0.29, 0.717) is 15.2 Å². The van der Waals surface area contributed by atoms with E-state index in [2.05, 4.69) is 9.98 Å². The third-order valence-electron chi connectivity index (χ3n) is 4.09. The van der Waals surface area contributed by atoms with Crippen LogP contribution in [0.1, 0.15) is 16.8 Å². The SMILES string of the molecule is Cc1csc(/N=C2/S/C(=C\c3ccccc3C)C(=O)N2c2ccccc2)n1. The van der Waals surface area contributed by atoms with Gasteiger partial charge in [0.15, 0.2) is 5.17 Å². The van der Waals surface area contributed by atoms with Gasteiger partial charge >= 0.3 is 0 Å². The first-order chi connectivity index (χ1) is 13.1. The lowest BCUT2D eigenvalue weighted by Crippen LogP contribution is -2.28. The molecule has 0 unspecified atom stereocenters. The molecule has 1 amide bonds. The molecule has 0 radical (unpaired) electrons. The second-order valence-corrected chi connectivity index (χ2v) is 7.95. The largest absolute Gasteiger partial charge is 0.271 e. The van der Waals surface area contributed by atoms with E-state index in [4.69, 9.17) is 0 Å². The molecule has 2 aromatic carbocycles. The first-order valence-electron chi connectivity index (χ1n) is 8.47. The standard InChI is InChI=1S/C21H17N3OS2/c1-14-8-6-7-9-16(14)12-18-19(25)24(17-10-4-3-5-11-17)21(27-18)23-20-22-15(2)13-26-20/h3-13H,1-2H3/b18-12-,23-21+. The smallest absolute Gasteiger partial charge is 0.268 e. The van der Waals surface area contributed by atoms with Gasteiger partial charge in [-0.15, -0.1) is 11.3 Å². The highest BCUT2D eigenvalue weighted by Crippen LogP contribution is 2.37. The fraction of sp³-hybridized carbons (Fsp3) is 0.0952. The van der Waals surface area contributed by atoms with Crippen LogP contribution >= 0.6 is 23.1 Å². The summed E-state index contributed by atoms with van der Waals surface area (Å²) in [5.41, 5.74) is 3.89. The summed E-state index contributed by atoms with van der Waals surface area (Å²) in [6, 6.07) is 17.6. The Morgan fingerprint density at radius 1 is 1.04 bits per heavy atom. The average molecular weight is 392 g/mol. The quantitative estimate of drug-likeness (QED) is 0.549. The van der Waals surface area contributed by atoms with Crippen molar-refractivity contribution < 1.29 is 4.79 Å². The Bertz CT molecular complexity index is 1050. The van der Waals surface area contributed by atoms with Gasteiger partial charge in [0.2, 0.25) is 5.13 Å². The fourth-order valence-corrected chi connectivity index (χ4v) is 4.41. The van der Waals surface area contributed by atoms with E-state index < -0.39 is 0 Å². The number of carbonyl (C=O) groups excluding carboxylic acids is 1. The first-order valence-corrected chi connectivity index (χ1v) is 10.2. The van der Waals surface area contributed by atoms with E-state index in [-0.39, 0.29) is 5.91 Å². The van der Waals surface area contributed by atoms with E-state index in [1.165, 1.54) is 23.1 Å². The van der Waals surface area contributed by atoms with Crippen molar-refractivity contribution in [3.05, 3.63) is 81.7 Å². The first kappa shape index (κ1) is 17.7. The predicted molar refractivity (Wildman–Crippen MR) is 115 cm³/mol. The van der Waals surface area contributed by atoms with Gasteiger partial charge in [-0.2, -0.15) is 4.99 Å². The van der Waals surface area contributed by atoms with Crippen molar-refractivity contribution in [2.45, 2.75) is 13.8 Å². The van der Waals surface area contributed by atoms with Gasteiger partial charge in [-0.1, -0.05) is 42.5 Å². The number of rotatable bonds is 3. The number of thiazole rings is 1. The lowest BCUT2D eigenvalue weighted by Gasteiger charge is -2.14. The van der Waals surface area contributed by atoms with E-state index >= 15 is 0 Å². The van der Waals surface area contributed by atoms with Crippen molar-refractivity contribution >= 4 is 51.1 Å². The van der Waals surface area contributed by atoms with Gasteiger partial charge in [0.05, 0.1) is 16.3 Å². The van der Waals surface area contributed by atoms with Gasteiger partial charge in [0.1, 0.15) is 0 Å². The summed E-state index contributed by atoms with van der Waals surface area (Å²) in [4.78, 5) is 24.5. The molecule has 4 rings (SSSR count). The van der Waals surface area contributed by atoms with Crippen molar-refractivity contribution in [3.8, 4) is 0 Å². The zero-order valence-corrected chi connectivity index (χ0v) is 16.6. The Balaban J connectivity index is 1.78. The number of amidine groups is 1. The van der Waals surface area contributed by atoms with Crippen LogP contribution in [-0.2, 0) is 4.79 Å². The van der Waals surface area contributed by atoms with Crippen LogP contribution in [0.15, 0.2) is 69.9 Å². The number of benzene rings is 2. The predicted octanol–water partition coefficient (Wildman–Crippen LogP) is 5.57. The van der Waals surface area contributed by atoms with Gasteiger partial charge in [0.25, 0.3) is 5.91 Å².